The number of ether oxygens (including phenoxy) is 3. The van der Waals surface area contributed by atoms with E-state index in [0.717, 1.165) is 24.4 Å². The van der Waals surface area contributed by atoms with Crippen LogP contribution in [0.3, 0.4) is 0 Å². The average molecular weight is 237 g/mol. The summed E-state index contributed by atoms with van der Waals surface area (Å²) in [6, 6.07) is 6.13. The summed E-state index contributed by atoms with van der Waals surface area (Å²) >= 11 is 0. The number of methoxy groups -OCH3 is 2. The molecule has 1 heterocycles. The van der Waals surface area contributed by atoms with E-state index in [-0.39, 0.29) is 6.29 Å². The lowest BCUT2D eigenvalue weighted by molar-refractivity contribution is -0.121. The molecular formula is C13H19NO3. The third-order valence-electron chi connectivity index (χ3n) is 2.94. The Balaban J connectivity index is 2.05. The van der Waals surface area contributed by atoms with Crippen molar-refractivity contribution in [3.8, 4) is 5.75 Å². The first-order valence-electron chi connectivity index (χ1n) is 5.89. The minimum atomic E-state index is -0.325. The highest BCUT2D eigenvalue weighted by atomic mass is 16.7. The summed E-state index contributed by atoms with van der Waals surface area (Å²) in [6.07, 6.45) is 1.96. The van der Waals surface area contributed by atoms with Crippen molar-refractivity contribution in [3.63, 3.8) is 0 Å². The van der Waals surface area contributed by atoms with Gasteiger partial charge < -0.3 is 19.5 Å². The highest BCUT2D eigenvalue weighted by Gasteiger charge is 2.14. The highest BCUT2D eigenvalue weighted by molar-refractivity contribution is 5.63. The molecular weight excluding hydrogens is 218 g/mol. The first kappa shape index (κ1) is 12.2. The lowest BCUT2D eigenvalue weighted by Crippen LogP contribution is -2.23. The number of benzene rings is 1. The Hall–Kier alpha value is -1.26. The number of para-hydroxylation sites is 1. The molecule has 1 aliphatic heterocycles. The van der Waals surface area contributed by atoms with Gasteiger partial charge in [-0.2, -0.15) is 0 Å². The summed E-state index contributed by atoms with van der Waals surface area (Å²) in [4.78, 5) is 0. The van der Waals surface area contributed by atoms with E-state index < -0.39 is 0 Å². The van der Waals surface area contributed by atoms with Crippen LogP contribution in [0.15, 0.2) is 18.2 Å². The number of rotatable bonds is 5. The van der Waals surface area contributed by atoms with E-state index >= 15 is 0 Å². The van der Waals surface area contributed by atoms with Gasteiger partial charge in [0.2, 0.25) is 0 Å². The van der Waals surface area contributed by atoms with Gasteiger partial charge in [0.05, 0.1) is 5.69 Å². The summed E-state index contributed by atoms with van der Waals surface area (Å²) in [5, 5.41) is 3.38. The monoisotopic (exact) mass is 237 g/mol. The zero-order valence-electron chi connectivity index (χ0n) is 10.4. The zero-order chi connectivity index (χ0) is 12.1. The van der Waals surface area contributed by atoms with E-state index in [4.69, 9.17) is 14.2 Å². The lowest BCUT2D eigenvalue weighted by Gasteiger charge is -2.22. The number of nitrogens with one attached hydrogen (secondary N) is 1. The average Bonchev–Trinajstić information content (AvgIpc) is 2.40. The van der Waals surface area contributed by atoms with Crippen LogP contribution in [0.1, 0.15) is 12.0 Å². The molecule has 1 aromatic rings. The number of anilines is 1. The van der Waals surface area contributed by atoms with Gasteiger partial charge in [0, 0.05) is 20.8 Å². The first-order chi connectivity index (χ1) is 8.35. The predicted octanol–water partition coefficient (Wildman–Crippen LogP) is 2.04. The third kappa shape index (κ3) is 2.90. The molecule has 0 spiro atoms. The first-order valence-corrected chi connectivity index (χ1v) is 5.89. The van der Waals surface area contributed by atoms with Crippen molar-refractivity contribution < 1.29 is 14.2 Å². The van der Waals surface area contributed by atoms with E-state index in [1.807, 2.05) is 12.1 Å². The van der Waals surface area contributed by atoms with Crippen LogP contribution in [-0.4, -0.2) is 33.7 Å². The van der Waals surface area contributed by atoms with Crippen LogP contribution >= 0.6 is 0 Å². The van der Waals surface area contributed by atoms with Crippen molar-refractivity contribution in [1.82, 2.24) is 0 Å². The van der Waals surface area contributed by atoms with Gasteiger partial charge in [0.15, 0.2) is 6.29 Å². The van der Waals surface area contributed by atoms with Crippen molar-refractivity contribution in [1.29, 1.82) is 0 Å². The smallest absolute Gasteiger partial charge is 0.191 e. The van der Waals surface area contributed by atoms with Gasteiger partial charge in [-0.05, 0) is 24.5 Å². The number of fused-ring (bicyclic) bond motifs is 1. The molecule has 0 aromatic heterocycles. The molecule has 94 valence electrons. The summed E-state index contributed by atoms with van der Waals surface area (Å²) in [6.45, 7) is 1.40. The van der Waals surface area contributed by atoms with Gasteiger partial charge in [-0.1, -0.05) is 12.1 Å². The van der Waals surface area contributed by atoms with Gasteiger partial charge in [0.1, 0.15) is 12.4 Å². The van der Waals surface area contributed by atoms with Crippen molar-refractivity contribution in [3.05, 3.63) is 23.8 Å². The molecule has 4 nitrogen and oxygen atoms in total. The van der Waals surface area contributed by atoms with Crippen LogP contribution in [0.4, 0.5) is 5.69 Å². The molecule has 17 heavy (non-hydrogen) atoms. The van der Waals surface area contributed by atoms with E-state index in [9.17, 15) is 0 Å². The van der Waals surface area contributed by atoms with E-state index in [1.165, 1.54) is 12.0 Å². The second-order valence-corrected chi connectivity index (χ2v) is 4.03. The molecule has 1 aliphatic rings. The van der Waals surface area contributed by atoms with Crippen LogP contribution in [-0.2, 0) is 15.9 Å². The van der Waals surface area contributed by atoms with Crippen LogP contribution in [0.2, 0.25) is 0 Å². The fourth-order valence-corrected chi connectivity index (χ4v) is 1.99. The van der Waals surface area contributed by atoms with Crippen LogP contribution < -0.4 is 10.1 Å². The van der Waals surface area contributed by atoms with Crippen LogP contribution in [0.25, 0.3) is 0 Å². The molecule has 0 aliphatic carbocycles. The van der Waals surface area contributed by atoms with Crippen LogP contribution in [0, 0.1) is 0 Å². The molecule has 0 atom stereocenters. The van der Waals surface area contributed by atoms with Gasteiger partial charge in [-0.3, -0.25) is 0 Å². The fourth-order valence-electron chi connectivity index (χ4n) is 1.99. The Bertz CT molecular complexity index is 364. The maximum absolute atomic E-state index is 5.74. The molecule has 4 heteroatoms. The summed E-state index contributed by atoms with van der Waals surface area (Å²) < 4.78 is 15.9. The van der Waals surface area contributed by atoms with Crippen molar-refractivity contribution >= 4 is 5.69 Å². The second kappa shape index (κ2) is 5.89. The molecule has 0 saturated heterocycles. The Labute approximate surface area is 102 Å². The molecule has 0 amide bonds. The van der Waals surface area contributed by atoms with Crippen molar-refractivity contribution in [2.75, 3.05) is 32.7 Å². The Morgan fingerprint density at radius 3 is 2.88 bits per heavy atom. The number of hydrogen-bond donors (Lipinski definition) is 1. The molecule has 0 saturated carbocycles. The molecule has 0 bridgehead atoms. The van der Waals surface area contributed by atoms with Gasteiger partial charge in [-0.15, -0.1) is 0 Å². The zero-order valence-corrected chi connectivity index (χ0v) is 10.4. The van der Waals surface area contributed by atoms with Gasteiger partial charge in [-0.25, -0.2) is 0 Å². The van der Waals surface area contributed by atoms with Crippen molar-refractivity contribution in [2.45, 2.75) is 19.1 Å². The maximum Gasteiger partial charge on any atom is 0.191 e. The molecule has 0 unspecified atom stereocenters. The Morgan fingerprint density at radius 2 is 2.12 bits per heavy atom. The maximum atomic E-state index is 5.74. The third-order valence-corrected chi connectivity index (χ3v) is 2.94. The summed E-state index contributed by atoms with van der Waals surface area (Å²) in [5.41, 5.74) is 2.44. The topological polar surface area (TPSA) is 39.7 Å². The Morgan fingerprint density at radius 1 is 1.29 bits per heavy atom. The van der Waals surface area contributed by atoms with Gasteiger partial charge in [0.25, 0.3) is 0 Å². The molecule has 1 N–H and O–H groups in total. The SMILES string of the molecule is COC(COc1cccc2c1NCCC2)OC. The predicted molar refractivity (Wildman–Crippen MR) is 66.6 cm³/mol. The normalized spacial score (nSPS) is 14.3. The van der Waals surface area contributed by atoms with Crippen LogP contribution in [0.5, 0.6) is 5.75 Å². The standard InChI is InChI=1S/C13H19NO3/c1-15-12(16-2)9-17-11-7-3-5-10-6-4-8-14-13(10)11/h3,5,7,12,14H,4,6,8-9H2,1-2H3. The molecule has 0 radical (unpaired) electrons. The quantitative estimate of drug-likeness (QED) is 0.796. The number of hydrogen-bond acceptors (Lipinski definition) is 4. The molecule has 1 aromatic carbocycles. The molecule has 2 rings (SSSR count). The van der Waals surface area contributed by atoms with Gasteiger partial charge >= 0.3 is 0 Å². The lowest BCUT2D eigenvalue weighted by atomic mass is 10.0. The van der Waals surface area contributed by atoms with Crippen molar-refractivity contribution in [2.24, 2.45) is 0 Å². The molecule has 0 fully saturated rings. The number of aryl methyl sites for hydroxylation is 1. The largest absolute Gasteiger partial charge is 0.486 e. The fraction of sp³-hybridized carbons (Fsp3) is 0.538. The Kier molecular flexibility index (Phi) is 4.23. The van der Waals surface area contributed by atoms with E-state index in [1.54, 1.807) is 14.2 Å². The summed E-state index contributed by atoms with van der Waals surface area (Å²) in [7, 11) is 3.21. The highest BCUT2D eigenvalue weighted by Crippen LogP contribution is 2.32. The minimum absolute atomic E-state index is 0.325. The second-order valence-electron chi connectivity index (χ2n) is 4.03. The minimum Gasteiger partial charge on any atom is -0.486 e. The van der Waals surface area contributed by atoms with E-state index in [0.29, 0.717) is 6.61 Å². The van der Waals surface area contributed by atoms with E-state index in [2.05, 4.69) is 11.4 Å². The summed E-state index contributed by atoms with van der Waals surface area (Å²) in [5.74, 6) is 0.876.